The van der Waals surface area contributed by atoms with Gasteiger partial charge < -0.3 is 14.0 Å². The molecule has 0 spiro atoms. The minimum absolute atomic E-state index is 0.0504. The molecule has 1 aliphatic rings. The van der Waals surface area contributed by atoms with E-state index >= 15 is 0 Å². The fourth-order valence-corrected chi connectivity index (χ4v) is 4.58. The molecule has 178 valence electrons. The Kier molecular flexibility index (Phi) is 6.54. The van der Waals surface area contributed by atoms with E-state index in [2.05, 4.69) is 5.16 Å². The van der Waals surface area contributed by atoms with Crippen molar-refractivity contribution in [3.8, 4) is 22.8 Å². The van der Waals surface area contributed by atoms with Crippen LogP contribution in [-0.2, 0) is 13.0 Å². The number of ether oxygens (including phenoxy) is 2. The molecule has 5 rings (SSSR count). The summed E-state index contributed by atoms with van der Waals surface area (Å²) in [5.74, 6) is 1.70. The van der Waals surface area contributed by atoms with E-state index in [0.717, 1.165) is 28.0 Å². The molecule has 0 bridgehead atoms. The predicted molar refractivity (Wildman–Crippen MR) is 136 cm³/mol. The Morgan fingerprint density at radius 3 is 2.49 bits per heavy atom. The maximum atomic E-state index is 13.3. The molecule has 0 amide bonds. The van der Waals surface area contributed by atoms with Crippen LogP contribution in [0.2, 0.25) is 10.0 Å². The minimum atomic E-state index is -0.260. The highest BCUT2D eigenvalue weighted by Crippen LogP contribution is 2.43. The standard InChI is InChI=1S/C28H22Cl2FNO3/c1-16(2)27-28(26(32-35-27)25-22(29)4-3-5-23(25)30)34-14-17-6-7-19-13-20(15-33-24(19)12-17)18-8-10-21(31)11-9-18/h3-12,15-16H,13-14H2,1-2H3. The summed E-state index contributed by atoms with van der Waals surface area (Å²) in [6, 6.07) is 17.7. The van der Waals surface area contributed by atoms with Crippen molar-refractivity contribution in [3.63, 3.8) is 0 Å². The zero-order valence-electron chi connectivity index (χ0n) is 19.1. The summed E-state index contributed by atoms with van der Waals surface area (Å²) >= 11 is 12.8. The van der Waals surface area contributed by atoms with Gasteiger partial charge in [0.25, 0.3) is 0 Å². The predicted octanol–water partition coefficient (Wildman–Crippen LogP) is 8.47. The molecule has 0 atom stereocenters. The highest BCUT2D eigenvalue weighted by molar-refractivity contribution is 6.39. The van der Waals surface area contributed by atoms with Gasteiger partial charge in [-0.15, -0.1) is 0 Å². The number of aromatic nitrogens is 1. The molecular weight excluding hydrogens is 488 g/mol. The first kappa shape index (κ1) is 23.5. The van der Waals surface area contributed by atoms with Gasteiger partial charge in [0.2, 0.25) is 0 Å². The summed E-state index contributed by atoms with van der Waals surface area (Å²) in [5, 5.41) is 5.17. The van der Waals surface area contributed by atoms with Gasteiger partial charge in [-0.05, 0) is 52.6 Å². The van der Waals surface area contributed by atoms with Crippen molar-refractivity contribution in [1.29, 1.82) is 0 Å². The van der Waals surface area contributed by atoms with E-state index in [1.807, 2.05) is 32.0 Å². The van der Waals surface area contributed by atoms with Crippen LogP contribution in [0.3, 0.4) is 0 Å². The van der Waals surface area contributed by atoms with Crippen molar-refractivity contribution in [3.05, 3.63) is 105 Å². The molecule has 1 aromatic heterocycles. The number of hydrogen-bond acceptors (Lipinski definition) is 4. The Morgan fingerprint density at radius 2 is 1.77 bits per heavy atom. The average molecular weight is 510 g/mol. The Balaban J connectivity index is 1.38. The molecule has 0 fully saturated rings. The third kappa shape index (κ3) is 4.79. The lowest BCUT2D eigenvalue weighted by atomic mass is 9.96. The topological polar surface area (TPSA) is 44.5 Å². The van der Waals surface area contributed by atoms with Gasteiger partial charge in [0.1, 0.15) is 18.2 Å². The summed E-state index contributed by atoms with van der Waals surface area (Å²) in [7, 11) is 0. The molecule has 0 saturated carbocycles. The van der Waals surface area contributed by atoms with Crippen LogP contribution in [0.1, 0.15) is 42.2 Å². The lowest BCUT2D eigenvalue weighted by Gasteiger charge is -2.19. The number of allylic oxidation sites excluding steroid dienone is 1. The van der Waals surface area contributed by atoms with Crippen molar-refractivity contribution >= 4 is 28.8 Å². The van der Waals surface area contributed by atoms with Gasteiger partial charge in [-0.1, -0.05) is 72.5 Å². The van der Waals surface area contributed by atoms with E-state index < -0.39 is 0 Å². The molecule has 4 aromatic rings. The van der Waals surface area contributed by atoms with Crippen LogP contribution in [0.25, 0.3) is 16.8 Å². The second-order valence-corrected chi connectivity index (χ2v) is 9.47. The largest absolute Gasteiger partial charge is 0.483 e. The van der Waals surface area contributed by atoms with Crippen LogP contribution in [-0.4, -0.2) is 5.16 Å². The van der Waals surface area contributed by atoms with Gasteiger partial charge in [-0.2, -0.15) is 0 Å². The molecule has 0 unspecified atom stereocenters. The van der Waals surface area contributed by atoms with E-state index in [1.54, 1.807) is 36.6 Å². The van der Waals surface area contributed by atoms with Crippen LogP contribution in [0.4, 0.5) is 4.39 Å². The van der Waals surface area contributed by atoms with E-state index in [-0.39, 0.29) is 18.3 Å². The number of fused-ring (bicyclic) bond motifs is 1. The Morgan fingerprint density at radius 1 is 1.03 bits per heavy atom. The van der Waals surface area contributed by atoms with E-state index in [0.29, 0.717) is 39.2 Å². The zero-order valence-corrected chi connectivity index (χ0v) is 20.7. The molecule has 0 radical (unpaired) electrons. The van der Waals surface area contributed by atoms with Gasteiger partial charge in [0.15, 0.2) is 17.2 Å². The third-order valence-corrected chi connectivity index (χ3v) is 6.47. The first-order valence-corrected chi connectivity index (χ1v) is 12.0. The normalized spacial score (nSPS) is 12.8. The number of benzene rings is 3. The van der Waals surface area contributed by atoms with Gasteiger partial charge in [-0.25, -0.2) is 4.39 Å². The fourth-order valence-electron chi connectivity index (χ4n) is 4.00. The van der Waals surface area contributed by atoms with E-state index in [1.165, 1.54) is 12.1 Å². The molecule has 35 heavy (non-hydrogen) atoms. The monoisotopic (exact) mass is 509 g/mol. The van der Waals surface area contributed by atoms with Crippen LogP contribution >= 0.6 is 23.2 Å². The zero-order chi connectivity index (χ0) is 24.5. The first-order chi connectivity index (χ1) is 16.9. The second-order valence-electron chi connectivity index (χ2n) is 8.65. The number of halogens is 3. The second kappa shape index (κ2) is 9.76. The number of nitrogens with zero attached hydrogens (tertiary/aromatic N) is 1. The van der Waals surface area contributed by atoms with Crippen LogP contribution in [0.5, 0.6) is 11.5 Å². The van der Waals surface area contributed by atoms with Gasteiger partial charge in [-0.3, -0.25) is 0 Å². The Hall–Kier alpha value is -3.28. The molecular formula is C28H22Cl2FNO3. The van der Waals surface area contributed by atoms with Crippen LogP contribution in [0, 0.1) is 5.82 Å². The maximum absolute atomic E-state index is 13.3. The van der Waals surface area contributed by atoms with Crippen molar-refractivity contribution in [2.75, 3.05) is 0 Å². The van der Waals surface area contributed by atoms with Crippen LogP contribution < -0.4 is 9.47 Å². The number of rotatable bonds is 6. The molecule has 3 aromatic carbocycles. The van der Waals surface area contributed by atoms with Gasteiger partial charge >= 0.3 is 0 Å². The summed E-state index contributed by atoms with van der Waals surface area (Å²) in [6.07, 6.45) is 2.41. The molecule has 0 saturated heterocycles. The minimum Gasteiger partial charge on any atom is -0.483 e. The lowest BCUT2D eigenvalue weighted by Crippen LogP contribution is -2.05. The van der Waals surface area contributed by atoms with Crippen molar-refractivity contribution in [1.82, 2.24) is 5.16 Å². The van der Waals surface area contributed by atoms with Gasteiger partial charge in [0, 0.05) is 17.9 Å². The molecule has 2 heterocycles. The summed E-state index contributed by atoms with van der Waals surface area (Å²) in [5.41, 5.74) is 4.96. The molecule has 4 nitrogen and oxygen atoms in total. The first-order valence-electron chi connectivity index (χ1n) is 11.2. The Labute approximate surface area is 212 Å². The van der Waals surface area contributed by atoms with Crippen molar-refractivity contribution in [2.24, 2.45) is 0 Å². The summed E-state index contributed by atoms with van der Waals surface area (Å²) in [6.45, 7) is 4.29. The van der Waals surface area contributed by atoms with Gasteiger partial charge in [0.05, 0.1) is 16.3 Å². The van der Waals surface area contributed by atoms with E-state index in [9.17, 15) is 4.39 Å². The summed E-state index contributed by atoms with van der Waals surface area (Å²) in [4.78, 5) is 0. The van der Waals surface area contributed by atoms with Crippen molar-refractivity contribution in [2.45, 2.75) is 32.8 Å². The van der Waals surface area contributed by atoms with Crippen LogP contribution in [0.15, 0.2) is 71.4 Å². The lowest BCUT2D eigenvalue weighted by molar-refractivity contribution is 0.288. The third-order valence-electron chi connectivity index (χ3n) is 5.84. The highest BCUT2D eigenvalue weighted by Gasteiger charge is 2.25. The average Bonchev–Trinajstić information content (AvgIpc) is 3.26. The number of hydrogen-bond donors (Lipinski definition) is 0. The highest BCUT2D eigenvalue weighted by atomic mass is 35.5. The van der Waals surface area contributed by atoms with E-state index in [4.69, 9.17) is 37.2 Å². The fraction of sp³-hybridized carbons (Fsp3) is 0.179. The molecule has 0 N–H and O–H groups in total. The van der Waals surface area contributed by atoms with Crippen molar-refractivity contribution < 1.29 is 18.4 Å². The smallest absolute Gasteiger partial charge is 0.190 e. The SMILES string of the molecule is CC(C)c1onc(-c2c(Cl)cccc2Cl)c1OCc1ccc2c(c1)OC=C(c1ccc(F)cc1)C2. The maximum Gasteiger partial charge on any atom is 0.190 e. The molecule has 1 aliphatic heterocycles. The Bertz CT molecular complexity index is 1390. The molecule has 0 aliphatic carbocycles. The summed E-state index contributed by atoms with van der Waals surface area (Å²) < 4.78 is 31.0. The quantitative estimate of drug-likeness (QED) is 0.261. The molecule has 7 heteroatoms.